The first-order valence-electron chi connectivity index (χ1n) is 8.85. The van der Waals surface area contributed by atoms with Crippen molar-refractivity contribution in [1.82, 2.24) is 9.88 Å². The lowest BCUT2D eigenvalue weighted by Crippen LogP contribution is -2.30. The molecule has 0 spiro atoms. The number of rotatable bonds is 2. The Morgan fingerprint density at radius 2 is 1.96 bits per heavy atom. The standard InChI is InChI=1S/C20H22N2O3/c1-14-5-6-16(13-21-14)20(23)22-9-2-4-17(22)15-7-8-18-19(12-15)25-11-3-10-24-18/h5-8,12-13,17H,2-4,9-11H2,1H3. The van der Waals surface area contributed by atoms with Gasteiger partial charge in [0.25, 0.3) is 5.91 Å². The summed E-state index contributed by atoms with van der Waals surface area (Å²) in [6, 6.07) is 9.86. The van der Waals surface area contributed by atoms with Crippen molar-refractivity contribution < 1.29 is 14.3 Å². The van der Waals surface area contributed by atoms with Gasteiger partial charge in [-0.1, -0.05) is 6.07 Å². The minimum absolute atomic E-state index is 0.0436. The lowest BCUT2D eigenvalue weighted by Gasteiger charge is -2.25. The Hall–Kier alpha value is -2.56. The first kappa shape index (κ1) is 15.9. The zero-order valence-corrected chi connectivity index (χ0v) is 14.4. The van der Waals surface area contributed by atoms with Gasteiger partial charge in [-0.25, -0.2) is 0 Å². The molecule has 0 aliphatic carbocycles. The molecular weight excluding hydrogens is 316 g/mol. The van der Waals surface area contributed by atoms with Crippen molar-refractivity contribution in [1.29, 1.82) is 0 Å². The molecule has 1 amide bonds. The molecule has 130 valence electrons. The molecule has 5 nitrogen and oxygen atoms in total. The number of likely N-dealkylation sites (tertiary alicyclic amines) is 1. The van der Waals surface area contributed by atoms with Crippen LogP contribution in [-0.2, 0) is 0 Å². The first-order chi connectivity index (χ1) is 12.2. The van der Waals surface area contributed by atoms with Gasteiger partial charge in [0.05, 0.1) is 24.8 Å². The van der Waals surface area contributed by atoms with Gasteiger partial charge in [0.15, 0.2) is 11.5 Å². The summed E-state index contributed by atoms with van der Waals surface area (Å²) in [6.07, 6.45) is 4.52. The van der Waals surface area contributed by atoms with Crippen molar-refractivity contribution in [3.63, 3.8) is 0 Å². The third kappa shape index (κ3) is 3.18. The van der Waals surface area contributed by atoms with Crippen LogP contribution in [0.4, 0.5) is 0 Å². The molecule has 1 saturated heterocycles. The summed E-state index contributed by atoms with van der Waals surface area (Å²) in [4.78, 5) is 19.1. The first-order valence-corrected chi connectivity index (χ1v) is 8.85. The molecule has 2 aromatic rings. The van der Waals surface area contributed by atoms with Crippen LogP contribution in [0.15, 0.2) is 36.5 Å². The minimum atomic E-state index is 0.0436. The Bertz CT molecular complexity index is 773. The minimum Gasteiger partial charge on any atom is -0.490 e. The van der Waals surface area contributed by atoms with Gasteiger partial charge in [-0.2, -0.15) is 0 Å². The highest BCUT2D eigenvalue weighted by molar-refractivity contribution is 5.94. The largest absolute Gasteiger partial charge is 0.490 e. The molecule has 1 atom stereocenters. The fourth-order valence-corrected chi connectivity index (χ4v) is 3.50. The number of carbonyl (C=O) groups excluding carboxylic acids is 1. The highest BCUT2D eigenvalue weighted by Crippen LogP contribution is 2.38. The van der Waals surface area contributed by atoms with Crippen molar-refractivity contribution in [2.75, 3.05) is 19.8 Å². The van der Waals surface area contributed by atoms with Crippen molar-refractivity contribution >= 4 is 5.91 Å². The molecule has 25 heavy (non-hydrogen) atoms. The Kier molecular flexibility index (Phi) is 4.30. The fraction of sp³-hybridized carbons (Fsp3) is 0.400. The van der Waals surface area contributed by atoms with Crippen molar-refractivity contribution in [2.45, 2.75) is 32.2 Å². The summed E-state index contributed by atoms with van der Waals surface area (Å²) in [7, 11) is 0. The van der Waals surface area contributed by atoms with E-state index in [4.69, 9.17) is 9.47 Å². The van der Waals surface area contributed by atoms with Crippen LogP contribution in [-0.4, -0.2) is 35.5 Å². The van der Waals surface area contributed by atoms with Crippen LogP contribution in [0, 0.1) is 6.92 Å². The maximum absolute atomic E-state index is 12.9. The summed E-state index contributed by atoms with van der Waals surface area (Å²) in [5.41, 5.74) is 2.67. The smallest absolute Gasteiger partial charge is 0.255 e. The summed E-state index contributed by atoms with van der Waals surface area (Å²) >= 11 is 0. The molecule has 1 unspecified atom stereocenters. The maximum Gasteiger partial charge on any atom is 0.255 e. The fourth-order valence-electron chi connectivity index (χ4n) is 3.50. The van der Waals surface area contributed by atoms with Crippen LogP contribution in [0.25, 0.3) is 0 Å². The second kappa shape index (κ2) is 6.75. The number of pyridine rings is 1. The SMILES string of the molecule is Cc1ccc(C(=O)N2CCCC2c2ccc3c(c2)OCCCO3)cn1. The lowest BCUT2D eigenvalue weighted by atomic mass is 10.0. The van der Waals surface area contributed by atoms with Gasteiger partial charge in [-0.15, -0.1) is 0 Å². The number of amides is 1. The van der Waals surface area contributed by atoms with Gasteiger partial charge in [-0.3, -0.25) is 9.78 Å². The number of carbonyl (C=O) groups is 1. The summed E-state index contributed by atoms with van der Waals surface area (Å²) in [5, 5.41) is 0. The van der Waals surface area contributed by atoms with Crippen LogP contribution in [0.2, 0.25) is 0 Å². The quantitative estimate of drug-likeness (QED) is 0.840. The number of nitrogens with zero attached hydrogens (tertiary/aromatic N) is 2. The zero-order valence-electron chi connectivity index (χ0n) is 14.4. The molecule has 5 heteroatoms. The second-order valence-corrected chi connectivity index (χ2v) is 6.60. The van der Waals surface area contributed by atoms with E-state index in [0.717, 1.165) is 48.6 Å². The summed E-state index contributed by atoms with van der Waals surface area (Å²) in [5.74, 6) is 1.62. The molecule has 1 aromatic carbocycles. The van der Waals surface area contributed by atoms with Crippen LogP contribution in [0.5, 0.6) is 11.5 Å². The molecule has 0 bridgehead atoms. The van der Waals surface area contributed by atoms with E-state index in [1.165, 1.54) is 0 Å². The molecule has 0 saturated carbocycles. The Labute approximate surface area is 147 Å². The molecule has 0 N–H and O–H groups in total. The molecule has 2 aliphatic heterocycles. The lowest BCUT2D eigenvalue weighted by molar-refractivity contribution is 0.0735. The number of ether oxygens (including phenoxy) is 2. The normalized spacial score (nSPS) is 19.6. The molecular formula is C20H22N2O3. The van der Waals surface area contributed by atoms with Gasteiger partial charge in [-0.05, 0) is 49.6 Å². The van der Waals surface area contributed by atoms with Crippen LogP contribution >= 0.6 is 0 Å². The number of aromatic nitrogens is 1. The van der Waals surface area contributed by atoms with Gasteiger partial charge in [0.1, 0.15) is 0 Å². The Morgan fingerprint density at radius 1 is 1.12 bits per heavy atom. The number of aryl methyl sites for hydroxylation is 1. The number of benzene rings is 1. The summed E-state index contributed by atoms with van der Waals surface area (Å²) in [6.45, 7) is 4.04. The third-order valence-electron chi connectivity index (χ3n) is 4.83. The van der Waals surface area contributed by atoms with Gasteiger partial charge in [0.2, 0.25) is 0 Å². The molecule has 4 rings (SSSR count). The molecule has 0 radical (unpaired) electrons. The van der Waals surface area contributed by atoms with Crippen LogP contribution < -0.4 is 9.47 Å². The third-order valence-corrected chi connectivity index (χ3v) is 4.83. The van der Waals surface area contributed by atoms with Gasteiger partial charge >= 0.3 is 0 Å². The predicted molar refractivity (Wildman–Crippen MR) is 94.0 cm³/mol. The van der Waals surface area contributed by atoms with E-state index >= 15 is 0 Å². The van der Waals surface area contributed by atoms with E-state index in [1.807, 2.05) is 36.1 Å². The van der Waals surface area contributed by atoms with E-state index in [-0.39, 0.29) is 11.9 Å². The van der Waals surface area contributed by atoms with E-state index in [0.29, 0.717) is 18.8 Å². The average Bonchev–Trinajstić information content (AvgIpc) is 3.00. The predicted octanol–water partition coefficient (Wildman–Crippen LogP) is 3.53. The van der Waals surface area contributed by atoms with E-state index in [1.54, 1.807) is 6.20 Å². The van der Waals surface area contributed by atoms with Crippen molar-refractivity contribution in [3.05, 3.63) is 53.3 Å². The van der Waals surface area contributed by atoms with Crippen LogP contribution in [0.3, 0.4) is 0 Å². The highest BCUT2D eigenvalue weighted by Gasteiger charge is 2.31. The van der Waals surface area contributed by atoms with Crippen molar-refractivity contribution in [3.8, 4) is 11.5 Å². The Morgan fingerprint density at radius 3 is 2.76 bits per heavy atom. The summed E-state index contributed by atoms with van der Waals surface area (Å²) < 4.78 is 11.5. The zero-order chi connectivity index (χ0) is 17.2. The molecule has 1 fully saturated rings. The van der Waals surface area contributed by atoms with Gasteiger partial charge < -0.3 is 14.4 Å². The number of fused-ring (bicyclic) bond motifs is 1. The van der Waals surface area contributed by atoms with Gasteiger partial charge in [0, 0.05) is 24.9 Å². The molecule has 1 aromatic heterocycles. The van der Waals surface area contributed by atoms with E-state index in [2.05, 4.69) is 11.1 Å². The Balaban J connectivity index is 1.60. The second-order valence-electron chi connectivity index (χ2n) is 6.60. The topological polar surface area (TPSA) is 51.7 Å². The monoisotopic (exact) mass is 338 g/mol. The highest BCUT2D eigenvalue weighted by atomic mass is 16.5. The average molecular weight is 338 g/mol. The maximum atomic E-state index is 12.9. The number of hydrogen-bond acceptors (Lipinski definition) is 4. The van der Waals surface area contributed by atoms with E-state index in [9.17, 15) is 4.79 Å². The van der Waals surface area contributed by atoms with Crippen molar-refractivity contribution in [2.24, 2.45) is 0 Å². The number of hydrogen-bond donors (Lipinski definition) is 0. The van der Waals surface area contributed by atoms with E-state index < -0.39 is 0 Å². The van der Waals surface area contributed by atoms with Crippen LogP contribution in [0.1, 0.15) is 46.9 Å². The molecule has 3 heterocycles. The molecule has 2 aliphatic rings.